The van der Waals surface area contributed by atoms with E-state index in [0.717, 1.165) is 19.3 Å². The van der Waals surface area contributed by atoms with Crippen LogP contribution in [-0.2, 0) is 9.59 Å². The zero-order valence-corrected chi connectivity index (χ0v) is 13.1. The first-order chi connectivity index (χ1) is 9.73. The molecule has 1 saturated carbocycles. The first-order valence-electron chi connectivity index (χ1n) is 7.23. The van der Waals surface area contributed by atoms with Gasteiger partial charge in [0.15, 0.2) is 0 Å². The number of imide groups is 1. The third-order valence-electron chi connectivity index (χ3n) is 4.22. The quantitative estimate of drug-likeness (QED) is 0.781. The number of hydrogen-bond donors (Lipinski definition) is 2. The van der Waals surface area contributed by atoms with Gasteiger partial charge in [-0.2, -0.15) is 0 Å². The molecular formula is C15H24N2O4. The molecule has 0 aliphatic heterocycles. The molecule has 6 heteroatoms. The highest BCUT2D eigenvalue weighted by molar-refractivity contribution is 6.07. The molecule has 1 aliphatic carbocycles. The van der Waals surface area contributed by atoms with Gasteiger partial charge < -0.3 is 10.0 Å². The standard InChI is InChI=1S/C15H24N2O4/c1-9-6-5-7-12(8-9)17(4)15(21)16-13(18)10(2)11(3)14(19)20/h9,12H,5-8H2,1-4H3,(H,19,20)(H,16,18,21). The third-order valence-corrected chi connectivity index (χ3v) is 4.22. The number of urea groups is 1. The van der Waals surface area contributed by atoms with Gasteiger partial charge in [0.1, 0.15) is 0 Å². The van der Waals surface area contributed by atoms with Gasteiger partial charge in [-0.3, -0.25) is 10.1 Å². The number of rotatable bonds is 3. The lowest BCUT2D eigenvalue weighted by molar-refractivity contribution is -0.133. The maximum atomic E-state index is 12.1. The second-order valence-corrected chi connectivity index (χ2v) is 5.85. The smallest absolute Gasteiger partial charge is 0.331 e. The summed E-state index contributed by atoms with van der Waals surface area (Å²) in [7, 11) is 1.68. The number of carboxylic acid groups (broad SMARTS) is 1. The number of carbonyl (C=O) groups is 3. The minimum Gasteiger partial charge on any atom is -0.478 e. The molecule has 1 fully saturated rings. The van der Waals surface area contributed by atoms with Gasteiger partial charge in [-0.15, -0.1) is 0 Å². The Balaban J connectivity index is 2.66. The second-order valence-electron chi connectivity index (χ2n) is 5.85. The van der Waals surface area contributed by atoms with E-state index in [1.807, 2.05) is 0 Å². The van der Waals surface area contributed by atoms with Crippen molar-refractivity contribution in [3.63, 3.8) is 0 Å². The molecule has 0 aromatic carbocycles. The highest BCUT2D eigenvalue weighted by Crippen LogP contribution is 2.26. The Hall–Kier alpha value is -1.85. The minimum absolute atomic E-state index is 0.0428. The maximum absolute atomic E-state index is 12.1. The molecular weight excluding hydrogens is 272 g/mol. The summed E-state index contributed by atoms with van der Waals surface area (Å²) in [6.07, 6.45) is 4.12. The summed E-state index contributed by atoms with van der Waals surface area (Å²) < 4.78 is 0. The summed E-state index contributed by atoms with van der Waals surface area (Å²) in [5, 5.41) is 11.1. The van der Waals surface area contributed by atoms with E-state index in [4.69, 9.17) is 5.11 Å². The van der Waals surface area contributed by atoms with E-state index in [0.29, 0.717) is 5.92 Å². The van der Waals surface area contributed by atoms with Crippen LogP contribution < -0.4 is 5.32 Å². The normalized spacial score (nSPS) is 23.0. The SMILES string of the molecule is CC(C(=O)O)=C(C)C(=O)NC(=O)N(C)C1CCCC(C)C1. The largest absolute Gasteiger partial charge is 0.478 e. The highest BCUT2D eigenvalue weighted by atomic mass is 16.4. The van der Waals surface area contributed by atoms with Crippen LogP contribution in [0.5, 0.6) is 0 Å². The van der Waals surface area contributed by atoms with E-state index in [1.54, 1.807) is 11.9 Å². The number of amides is 3. The van der Waals surface area contributed by atoms with Crippen molar-refractivity contribution in [3.05, 3.63) is 11.1 Å². The molecule has 6 nitrogen and oxygen atoms in total. The number of carboxylic acids is 1. The van der Waals surface area contributed by atoms with Crippen molar-refractivity contribution in [2.75, 3.05) is 7.05 Å². The second kappa shape index (κ2) is 7.24. The first kappa shape index (κ1) is 17.2. The molecule has 1 aliphatic rings. The van der Waals surface area contributed by atoms with Gasteiger partial charge in [-0.25, -0.2) is 9.59 Å². The summed E-state index contributed by atoms with van der Waals surface area (Å²) in [5.74, 6) is -1.24. The van der Waals surface area contributed by atoms with E-state index in [-0.39, 0.29) is 17.2 Å². The fraction of sp³-hybridized carbons (Fsp3) is 0.667. The Morgan fingerprint density at radius 2 is 1.76 bits per heavy atom. The molecule has 3 amide bonds. The molecule has 2 N–H and O–H groups in total. The molecule has 0 aromatic rings. The predicted molar refractivity (Wildman–Crippen MR) is 78.7 cm³/mol. The molecule has 118 valence electrons. The fourth-order valence-electron chi connectivity index (χ4n) is 2.53. The Labute approximate surface area is 125 Å². The molecule has 0 aromatic heterocycles. The zero-order chi connectivity index (χ0) is 16.2. The predicted octanol–water partition coefficient (Wildman–Crippen LogP) is 2.15. The number of aliphatic carboxylic acids is 1. The molecule has 2 unspecified atom stereocenters. The molecule has 0 bridgehead atoms. The lowest BCUT2D eigenvalue weighted by Crippen LogP contribution is -2.47. The van der Waals surface area contributed by atoms with E-state index < -0.39 is 17.9 Å². The lowest BCUT2D eigenvalue weighted by atomic mass is 9.86. The van der Waals surface area contributed by atoms with Crippen molar-refractivity contribution in [3.8, 4) is 0 Å². The summed E-state index contributed by atoms with van der Waals surface area (Å²) in [4.78, 5) is 36.3. The van der Waals surface area contributed by atoms with Crippen molar-refractivity contribution in [1.82, 2.24) is 10.2 Å². The van der Waals surface area contributed by atoms with E-state index >= 15 is 0 Å². The Morgan fingerprint density at radius 3 is 2.29 bits per heavy atom. The van der Waals surface area contributed by atoms with Gasteiger partial charge in [-0.05, 0) is 32.6 Å². The van der Waals surface area contributed by atoms with Crippen LogP contribution in [-0.4, -0.2) is 41.0 Å². The maximum Gasteiger partial charge on any atom is 0.331 e. The van der Waals surface area contributed by atoms with E-state index in [2.05, 4.69) is 12.2 Å². The highest BCUT2D eigenvalue weighted by Gasteiger charge is 2.26. The van der Waals surface area contributed by atoms with Crippen LogP contribution in [0.2, 0.25) is 0 Å². The molecule has 0 spiro atoms. The van der Waals surface area contributed by atoms with Gasteiger partial charge in [0.2, 0.25) is 0 Å². The fourth-order valence-corrected chi connectivity index (χ4v) is 2.53. The van der Waals surface area contributed by atoms with Gasteiger partial charge in [0.05, 0.1) is 0 Å². The molecule has 0 heterocycles. The summed E-state index contributed by atoms with van der Waals surface area (Å²) in [5.41, 5.74) is -0.0181. The van der Waals surface area contributed by atoms with Crippen LogP contribution in [0.25, 0.3) is 0 Å². The number of nitrogens with one attached hydrogen (secondary N) is 1. The van der Waals surface area contributed by atoms with Gasteiger partial charge >= 0.3 is 12.0 Å². The number of hydrogen-bond acceptors (Lipinski definition) is 3. The van der Waals surface area contributed by atoms with Crippen LogP contribution in [0.4, 0.5) is 4.79 Å². The van der Waals surface area contributed by atoms with Crippen LogP contribution >= 0.6 is 0 Å². The number of carbonyl (C=O) groups excluding carboxylic acids is 2. The molecule has 1 rings (SSSR count). The molecule has 21 heavy (non-hydrogen) atoms. The summed E-state index contributed by atoms with van der Waals surface area (Å²) >= 11 is 0. The Morgan fingerprint density at radius 1 is 1.14 bits per heavy atom. The van der Waals surface area contributed by atoms with Gasteiger partial charge in [0, 0.05) is 24.2 Å². The van der Waals surface area contributed by atoms with Crippen LogP contribution in [0.15, 0.2) is 11.1 Å². The van der Waals surface area contributed by atoms with Crippen molar-refractivity contribution in [2.24, 2.45) is 5.92 Å². The average Bonchev–Trinajstić information content (AvgIpc) is 2.44. The molecule has 0 radical (unpaired) electrons. The monoisotopic (exact) mass is 296 g/mol. The molecule has 0 saturated heterocycles. The summed E-state index contributed by atoms with van der Waals surface area (Å²) in [6, 6.07) is -0.344. The van der Waals surface area contributed by atoms with E-state index in [9.17, 15) is 14.4 Å². The number of nitrogens with zero attached hydrogens (tertiary/aromatic N) is 1. The summed E-state index contributed by atoms with van der Waals surface area (Å²) in [6.45, 7) is 4.90. The minimum atomic E-state index is -1.16. The Bertz CT molecular complexity index is 470. The van der Waals surface area contributed by atoms with Gasteiger partial charge in [-0.1, -0.05) is 19.8 Å². The van der Waals surface area contributed by atoms with Crippen LogP contribution in [0.1, 0.15) is 46.5 Å². The molecule has 2 atom stereocenters. The van der Waals surface area contributed by atoms with Crippen molar-refractivity contribution >= 4 is 17.9 Å². The van der Waals surface area contributed by atoms with Crippen molar-refractivity contribution in [1.29, 1.82) is 0 Å². The van der Waals surface area contributed by atoms with Crippen LogP contribution in [0, 0.1) is 5.92 Å². The van der Waals surface area contributed by atoms with Gasteiger partial charge in [0.25, 0.3) is 5.91 Å². The topological polar surface area (TPSA) is 86.7 Å². The van der Waals surface area contributed by atoms with Crippen molar-refractivity contribution in [2.45, 2.75) is 52.5 Å². The van der Waals surface area contributed by atoms with E-state index in [1.165, 1.54) is 20.3 Å². The lowest BCUT2D eigenvalue weighted by Gasteiger charge is -2.33. The zero-order valence-electron chi connectivity index (χ0n) is 13.1. The van der Waals surface area contributed by atoms with Crippen LogP contribution in [0.3, 0.4) is 0 Å². The third kappa shape index (κ3) is 4.58. The average molecular weight is 296 g/mol. The van der Waals surface area contributed by atoms with Crippen molar-refractivity contribution < 1.29 is 19.5 Å². The first-order valence-corrected chi connectivity index (χ1v) is 7.23. The Kier molecular flexibility index (Phi) is 5.93.